The minimum atomic E-state index is -0.414. The number of halogens is 2. The Balaban J connectivity index is 0.00000225. The molecule has 0 fully saturated rings. The van der Waals surface area contributed by atoms with E-state index in [4.69, 9.17) is 5.10 Å². The van der Waals surface area contributed by atoms with Gasteiger partial charge < -0.3 is 12.4 Å². The van der Waals surface area contributed by atoms with E-state index in [2.05, 4.69) is 28.1 Å². The van der Waals surface area contributed by atoms with Gasteiger partial charge in [0.05, 0.1) is 16.2 Å². The summed E-state index contributed by atoms with van der Waals surface area (Å²) in [6, 6.07) is 24.4. The lowest BCUT2D eigenvalue weighted by atomic mass is 10.2. The second kappa shape index (κ2) is 8.65. The van der Waals surface area contributed by atoms with Crippen LogP contribution in [-0.2, 0) is 0 Å². The number of nitro groups is 1. The molecule has 9 heteroatoms. The molecular weight excluding hydrogens is 493 g/mol. The van der Waals surface area contributed by atoms with Crippen molar-refractivity contribution in [1.82, 2.24) is 5.53 Å². The number of hydrogen-bond donors (Lipinski definition) is 2. The number of anilines is 1. The maximum Gasteiger partial charge on any atom is 0.278 e. The molecule has 1 heterocycles. The molecule has 28 heavy (non-hydrogen) atoms. The number of benzene rings is 3. The van der Waals surface area contributed by atoms with Gasteiger partial charge in [-0.25, -0.2) is 0 Å². The average molecular weight is 508 g/mol. The van der Waals surface area contributed by atoms with Gasteiger partial charge in [0.2, 0.25) is 0 Å². The molecule has 1 aliphatic heterocycles. The van der Waals surface area contributed by atoms with Gasteiger partial charge in [-0.2, -0.15) is 5.01 Å². The maximum atomic E-state index is 10.9. The number of non-ortho nitro benzene ring substituents is 1. The molecule has 7 nitrogen and oxygen atoms in total. The fraction of sp³-hybridized carbons (Fsp3) is 0. The van der Waals surface area contributed by atoms with Gasteiger partial charge in [-0.3, -0.25) is 10.1 Å². The first-order valence-corrected chi connectivity index (χ1v) is 9.28. The van der Waals surface area contributed by atoms with Crippen LogP contribution >= 0.6 is 22.6 Å². The molecule has 1 unspecified atom stereocenters. The van der Waals surface area contributed by atoms with E-state index in [9.17, 15) is 10.1 Å². The fourth-order valence-electron chi connectivity index (χ4n) is 2.79. The lowest BCUT2D eigenvalue weighted by Gasteiger charge is -2.16. The van der Waals surface area contributed by atoms with Crippen LogP contribution in [0.5, 0.6) is 0 Å². The van der Waals surface area contributed by atoms with Crippen LogP contribution in [0.25, 0.3) is 0 Å². The molecule has 0 saturated heterocycles. The van der Waals surface area contributed by atoms with E-state index in [1.54, 1.807) is 17.3 Å². The quantitative estimate of drug-likeness (QED) is 0.297. The molecule has 1 atom stereocenters. The lowest BCUT2D eigenvalue weighted by molar-refractivity contribution is -0.779. The van der Waals surface area contributed by atoms with Gasteiger partial charge in [0.15, 0.2) is 5.69 Å². The van der Waals surface area contributed by atoms with Crippen LogP contribution < -0.4 is 28.1 Å². The molecule has 0 radical (unpaired) electrons. The molecular formula is C19H15ClIN5O2. The summed E-state index contributed by atoms with van der Waals surface area (Å²) >= 11 is 2.27. The number of rotatable bonds is 4. The van der Waals surface area contributed by atoms with Crippen molar-refractivity contribution in [2.45, 2.75) is 0 Å². The van der Waals surface area contributed by atoms with E-state index in [1.165, 1.54) is 12.1 Å². The smallest absolute Gasteiger partial charge is 0.278 e. The van der Waals surface area contributed by atoms with Crippen molar-refractivity contribution in [3.05, 3.63) is 98.1 Å². The number of nitro benzene ring substituents is 1. The van der Waals surface area contributed by atoms with Crippen LogP contribution in [0.15, 0.2) is 84.0 Å². The summed E-state index contributed by atoms with van der Waals surface area (Å²) < 4.78 is 1.15. The second-order valence-corrected chi connectivity index (χ2v) is 7.14. The lowest BCUT2D eigenvalue weighted by Crippen LogP contribution is -3.15. The first kappa shape index (κ1) is 20.2. The normalized spacial score (nSPS) is 15.7. The second-order valence-electron chi connectivity index (χ2n) is 5.89. The summed E-state index contributed by atoms with van der Waals surface area (Å²) in [6.45, 7) is 0. The number of nitrogens with zero attached hydrogens (tertiary/aromatic N) is 3. The molecule has 1 aliphatic rings. The molecule has 4 rings (SSSR count). The number of amidine groups is 1. The Kier molecular flexibility index (Phi) is 6.25. The Morgan fingerprint density at radius 3 is 2.21 bits per heavy atom. The van der Waals surface area contributed by atoms with Gasteiger partial charge in [-0.05, 0) is 64.5 Å². The summed E-state index contributed by atoms with van der Waals surface area (Å²) in [7, 11) is 0. The van der Waals surface area contributed by atoms with Crippen molar-refractivity contribution >= 4 is 45.5 Å². The van der Waals surface area contributed by atoms with E-state index >= 15 is 0 Å². The van der Waals surface area contributed by atoms with E-state index in [-0.39, 0.29) is 18.1 Å². The Morgan fingerprint density at radius 2 is 1.61 bits per heavy atom. The first-order valence-electron chi connectivity index (χ1n) is 8.20. The number of quaternary nitrogens is 1. The monoisotopic (exact) mass is 507 g/mol. The van der Waals surface area contributed by atoms with Crippen LogP contribution in [0.2, 0.25) is 0 Å². The topological polar surface area (TPSA) is 75.2 Å². The van der Waals surface area contributed by atoms with Crippen LogP contribution in [-0.4, -0.2) is 10.8 Å². The average Bonchev–Trinajstić information content (AvgIpc) is 3.15. The van der Waals surface area contributed by atoms with Gasteiger partial charge in [-0.1, -0.05) is 23.3 Å². The number of hydrazone groups is 1. The highest BCUT2D eigenvalue weighted by Gasteiger charge is 2.32. The summed E-state index contributed by atoms with van der Waals surface area (Å²) in [5.74, 6) is 0.815. The predicted octanol–water partition coefficient (Wildman–Crippen LogP) is 0.0214. The van der Waals surface area contributed by atoms with Crippen molar-refractivity contribution in [2.75, 3.05) is 5.12 Å². The molecule has 2 N–H and O–H groups in total. The molecule has 3 aromatic carbocycles. The van der Waals surface area contributed by atoms with Gasteiger partial charge in [-0.15, -0.1) is 5.12 Å². The number of hydrogen-bond acceptors (Lipinski definition) is 5. The largest absolute Gasteiger partial charge is 1.00 e. The van der Waals surface area contributed by atoms with Gasteiger partial charge in [0.25, 0.3) is 11.5 Å². The Morgan fingerprint density at radius 1 is 0.964 bits per heavy atom. The molecule has 142 valence electrons. The van der Waals surface area contributed by atoms with Gasteiger partial charge >= 0.3 is 0 Å². The number of hydrazine groups is 1. The zero-order chi connectivity index (χ0) is 18.8. The highest BCUT2D eigenvalue weighted by Crippen LogP contribution is 2.20. The van der Waals surface area contributed by atoms with E-state index in [0.717, 1.165) is 31.4 Å². The van der Waals surface area contributed by atoms with Crippen LogP contribution in [0, 0.1) is 13.7 Å². The maximum absolute atomic E-state index is 10.9. The van der Waals surface area contributed by atoms with E-state index in [0.29, 0.717) is 0 Å². The Hall–Kier alpha value is -2.53. The molecule has 0 saturated carbocycles. The third-order valence-electron chi connectivity index (χ3n) is 4.14. The van der Waals surface area contributed by atoms with Crippen LogP contribution in [0.4, 0.5) is 17.1 Å². The first-order chi connectivity index (χ1) is 13.1. The highest BCUT2D eigenvalue weighted by molar-refractivity contribution is 14.1. The molecule has 0 amide bonds. The molecule has 0 aliphatic carbocycles. The third kappa shape index (κ3) is 4.14. The van der Waals surface area contributed by atoms with Crippen molar-refractivity contribution in [1.29, 1.82) is 0 Å². The molecule has 3 aromatic rings. The summed E-state index contributed by atoms with van der Waals surface area (Å²) in [5.41, 5.74) is 6.08. The standard InChI is InChI=1S/C19H14IN5O2.ClH/c20-15-6-8-16(9-7-15)23-19(14-4-2-1-3-5-14)21-24(22-23)17-10-12-18(13-11-17)25(26)27;/h1-13,22H;1H. The summed E-state index contributed by atoms with van der Waals surface area (Å²) in [6.07, 6.45) is 0. The van der Waals surface area contributed by atoms with E-state index in [1.807, 2.05) is 54.6 Å². The van der Waals surface area contributed by atoms with Gasteiger partial charge in [0.1, 0.15) is 0 Å². The molecule has 0 aromatic heterocycles. The van der Waals surface area contributed by atoms with Crippen molar-refractivity contribution in [3.8, 4) is 0 Å². The minimum Gasteiger partial charge on any atom is -1.00 e. The molecule has 0 bridgehead atoms. The van der Waals surface area contributed by atoms with Gasteiger partial charge in [0, 0.05) is 27.8 Å². The highest BCUT2D eigenvalue weighted by atomic mass is 127. The van der Waals surface area contributed by atoms with E-state index < -0.39 is 4.92 Å². The molecule has 0 spiro atoms. The minimum absolute atomic E-state index is 0. The Bertz CT molecular complexity index is 997. The predicted molar refractivity (Wildman–Crippen MR) is 111 cm³/mol. The van der Waals surface area contributed by atoms with Crippen molar-refractivity contribution in [2.24, 2.45) is 5.10 Å². The summed E-state index contributed by atoms with van der Waals surface area (Å²) in [4.78, 5) is 10.5. The fourth-order valence-corrected chi connectivity index (χ4v) is 3.15. The van der Waals surface area contributed by atoms with Crippen LogP contribution in [0.1, 0.15) is 5.56 Å². The van der Waals surface area contributed by atoms with Crippen molar-refractivity contribution in [3.63, 3.8) is 0 Å². The van der Waals surface area contributed by atoms with Crippen LogP contribution in [0.3, 0.4) is 0 Å². The summed E-state index contributed by atoms with van der Waals surface area (Å²) in [5, 5.41) is 18.1. The van der Waals surface area contributed by atoms with Crippen molar-refractivity contribution < 1.29 is 22.3 Å². The third-order valence-corrected chi connectivity index (χ3v) is 4.86. The zero-order valence-electron chi connectivity index (χ0n) is 14.4. The Labute approximate surface area is 181 Å². The SMILES string of the molecule is O=[N+]([O-])c1ccc(N2N=C(c3ccccc3)[NH+](c3ccc(I)cc3)N2)cc1.[Cl-]. The number of nitrogens with one attached hydrogen (secondary N) is 2. The zero-order valence-corrected chi connectivity index (χ0v) is 17.3.